The highest BCUT2D eigenvalue weighted by Gasteiger charge is 2.47. The van der Waals surface area contributed by atoms with Gasteiger partial charge in [0.2, 0.25) is 0 Å². The van der Waals surface area contributed by atoms with Gasteiger partial charge in [-0.3, -0.25) is 0 Å². The maximum absolute atomic E-state index is 6.13. The maximum Gasteiger partial charge on any atom is 0.344 e. The summed E-state index contributed by atoms with van der Waals surface area (Å²) in [6.45, 7) is 4.44. The average molecular weight is 260 g/mol. The summed E-state index contributed by atoms with van der Waals surface area (Å²) in [6, 6.07) is -2.47. The molecule has 0 bridgehead atoms. The van der Waals surface area contributed by atoms with Crippen LogP contribution in [0.25, 0.3) is 0 Å². The first-order valence-corrected chi connectivity index (χ1v) is 10.1. The van der Waals surface area contributed by atoms with Crippen LogP contribution in [0.4, 0.5) is 0 Å². The quantitative estimate of drug-likeness (QED) is 0.502. The second-order valence-electron chi connectivity index (χ2n) is 4.17. The summed E-state index contributed by atoms with van der Waals surface area (Å²) < 4.78 is 0. The molecule has 0 aliphatic heterocycles. The van der Waals surface area contributed by atoms with E-state index in [2.05, 4.69) is 13.8 Å². The van der Waals surface area contributed by atoms with E-state index in [1.54, 1.807) is 0 Å². The van der Waals surface area contributed by atoms with Gasteiger partial charge in [-0.1, -0.05) is 39.5 Å². The summed E-state index contributed by atoms with van der Waals surface area (Å²) in [5.41, 5.74) is 0.400. The van der Waals surface area contributed by atoms with E-state index in [9.17, 15) is 0 Å². The van der Waals surface area contributed by atoms with Crippen molar-refractivity contribution in [1.82, 2.24) is 0 Å². The Hall–Kier alpha value is 1.09. The highest BCUT2D eigenvalue weighted by Crippen LogP contribution is 2.53. The fourth-order valence-corrected chi connectivity index (χ4v) is 7.80. The second-order valence-corrected chi connectivity index (χ2v) is 13.0. The lowest BCUT2D eigenvalue weighted by molar-refractivity contribution is 0.470. The highest BCUT2D eigenvalue weighted by atomic mass is 35.8. The second kappa shape index (κ2) is 4.74. The maximum atomic E-state index is 6.13. The predicted molar refractivity (Wildman–Crippen MR) is 63.9 cm³/mol. The van der Waals surface area contributed by atoms with Crippen LogP contribution in [0.3, 0.4) is 0 Å². The molecule has 3 atom stereocenters. The van der Waals surface area contributed by atoms with Crippen LogP contribution in [0.15, 0.2) is 0 Å². The van der Waals surface area contributed by atoms with Crippen LogP contribution in [0.1, 0.15) is 39.5 Å². The van der Waals surface area contributed by atoms with Crippen molar-refractivity contribution in [2.75, 3.05) is 0 Å². The van der Waals surface area contributed by atoms with Gasteiger partial charge in [0, 0.05) is 0 Å². The molecule has 0 aromatic heterocycles. The van der Waals surface area contributed by atoms with Gasteiger partial charge in [-0.15, -0.1) is 33.2 Å². The van der Waals surface area contributed by atoms with E-state index in [1.807, 2.05) is 0 Å². The van der Waals surface area contributed by atoms with Crippen LogP contribution in [0.5, 0.6) is 0 Å². The van der Waals surface area contributed by atoms with E-state index >= 15 is 0 Å². The zero-order valence-corrected chi connectivity index (χ0v) is 11.5. The molecule has 0 spiro atoms. The molecule has 78 valence electrons. The molecule has 0 aromatic carbocycles. The smallest absolute Gasteiger partial charge is 0.126 e. The zero-order chi connectivity index (χ0) is 10.1. The normalized spacial score (nSPS) is 35.3. The average Bonchev–Trinajstić information content (AvgIpc) is 2.31. The van der Waals surface area contributed by atoms with E-state index < -0.39 is 6.00 Å². The van der Waals surface area contributed by atoms with E-state index in [0.717, 1.165) is 0 Å². The Balaban J connectivity index is 2.65. The third-order valence-electron chi connectivity index (χ3n) is 3.15. The number of hydrogen-bond donors (Lipinski definition) is 0. The molecule has 1 aliphatic rings. The molecule has 4 heteroatoms. The first-order chi connectivity index (χ1) is 5.96. The number of halogens is 3. The van der Waals surface area contributed by atoms with Crippen molar-refractivity contribution >= 4 is 39.2 Å². The molecule has 0 nitrogen and oxygen atoms in total. The van der Waals surface area contributed by atoms with Crippen LogP contribution in [-0.2, 0) is 0 Å². The molecular formula is C9H17Cl3Si. The SMILES string of the molecule is CCCC1CCC(C)C1[Si](Cl)(Cl)Cl. The molecule has 1 saturated carbocycles. The van der Waals surface area contributed by atoms with Gasteiger partial charge >= 0.3 is 6.00 Å². The van der Waals surface area contributed by atoms with E-state index in [0.29, 0.717) is 17.4 Å². The molecule has 3 unspecified atom stereocenters. The van der Waals surface area contributed by atoms with Crippen LogP contribution in [0, 0.1) is 11.8 Å². The lowest BCUT2D eigenvalue weighted by atomic mass is 10.0. The van der Waals surface area contributed by atoms with Crippen molar-refractivity contribution in [1.29, 1.82) is 0 Å². The van der Waals surface area contributed by atoms with Crippen LogP contribution in [0.2, 0.25) is 5.54 Å². The summed E-state index contributed by atoms with van der Waals surface area (Å²) in [5, 5.41) is 0. The Labute approximate surface area is 96.1 Å². The fraction of sp³-hybridized carbons (Fsp3) is 1.00. The van der Waals surface area contributed by atoms with Crippen LogP contribution >= 0.6 is 33.2 Å². The monoisotopic (exact) mass is 258 g/mol. The molecule has 0 saturated heterocycles. The number of rotatable bonds is 3. The molecule has 13 heavy (non-hydrogen) atoms. The molecule has 0 amide bonds. The molecular weight excluding hydrogens is 243 g/mol. The van der Waals surface area contributed by atoms with Gasteiger partial charge in [-0.2, -0.15) is 0 Å². The van der Waals surface area contributed by atoms with Crippen molar-refractivity contribution in [3.63, 3.8) is 0 Å². The van der Waals surface area contributed by atoms with E-state index in [-0.39, 0.29) is 0 Å². The fourth-order valence-electron chi connectivity index (χ4n) is 2.59. The Morgan fingerprint density at radius 2 is 1.85 bits per heavy atom. The standard InChI is InChI=1S/C9H17Cl3Si/c1-3-4-8-6-5-7(2)9(8)13(10,11)12/h7-9H,3-6H2,1-2H3. The van der Waals surface area contributed by atoms with Gasteiger partial charge in [0.15, 0.2) is 0 Å². The van der Waals surface area contributed by atoms with Gasteiger partial charge in [-0.05, 0) is 17.4 Å². The van der Waals surface area contributed by atoms with Crippen LogP contribution in [-0.4, -0.2) is 6.00 Å². The van der Waals surface area contributed by atoms with Crippen molar-refractivity contribution < 1.29 is 0 Å². The summed E-state index contributed by atoms with van der Waals surface area (Å²) in [4.78, 5) is 0. The van der Waals surface area contributed by atoms with Gasteiger partial charge < -0.3 is 0 Å². The van der Waals surface area contributed by atoms with Crippen LogP contribution < -0.4 is 0 Å². The minimum Gasteiger partial charge on any atom is -0.126 e. The van der Waals surface area contributed by atoms with Gasteiger partial charge in [0.25, 0.3) is 0 Å². The summed E-state index contributed by atoms with van der Waals surface area (Å²) in [7, 11) is 0. The highest BCUT2D eigenvalue weighted by molar-refractivity contribution is 7.65. The summed E-state index contributed by atoms with van der Waals surface area (Å²) in [6.07, 6.45) is 4.95. The topological polar surface area (TPSA) is 0 Å². The molecule has 0 radical (unpaired) electrons. The molecule has 0 N–H and O–H groups in total. The van der Waals surface area contributed by atoms with Crippen molar-refractivity contribution in [3.8, 4) is 0 Å². The lowest BCUT2D eigenvalue weighted by Crippen LogP contribution is -2.26. The molecule has 0 heterocycles. The third kappa shape index (κ3) is 3.02. The Bertz CT molecular complexity index is 165. The van der Waals surface area contributed by atoms with E-state index in [1.165, 1.54) is 25.7 Å². The minimum absolute atomic E-state index is 0.400. The largest absolute Gasteiger partial charge is 0.344 e. The first-order valence-electron chi connectivity index (χ1n) is 5.03. The first kappa shape index (κ1) is 12.2. The third-order valence-corrected chi connectivity index (χ3v) is 7.22. The minimum atomic E-state index is -2.47. The predicted octanol–water partition coefficient (Wildman–Crippen LogP) is 4.86. The van der Waals surface area contributed by atoms with Gasteiger partial charge in [0.05, 0.1) is 0 Å². The molecule has 1 rings (SSSR count). The van der Waals surface area contributed by atoms with E-state index in [4.69, 9.17) is 33.2 Å². The van der Waals surface area contributed by atoms with Crippen molar-refractivity contribution in [2.24, 2.45) is 11.8 Å². The summed E-state index contributed by atoms with van der Waals surface area (Å²) in [5.74, 6) is 1.30. The van der Waals surface area contributed by atoms with Gasteiger partial charge in [0.1, 0.15) is 0 Å². The molecule has 1 aliphatic carbocycles. The van der Waals surface area contributed by atoms with Crippen molar-refractivity contribution in [2.45, 2.75) is 45.1 Å². The van der Waals surface area contributed by atoms with Gasteiger partial charge in [-0.25, -0.2) is 0 Å². The zero-order valence-electron chi connectivity index (χ0n) is 8.19. The Morgan fingerprint density at radius 3 is 2.31 bits per heavy atom. The molecule has 0 aromatic rings. The number of hydrogen-bond acceptors (Lipinski definition) is 0. The Morgan fingerprint density at radius 1 is 1.23 bits per heavy atom. The van der Waals surface area contributed by atoms with Crippen molar-refractivity contribution in [3.05, 3.63) is 0 Å². The summed E-state index contributed by atoms with van der Waals surface area (Å²) >= 11 is 18.4. The Kier molecular flexibility index (Phi) is 4.43. The molecule has 1 fully saturated rings. The lowest BCUT2D eigenvalue weighted by Gasteiger charge is -2.27.